The number of carbonyl (C=O) groups excluding carboxylic acids is 1. The van der Waals surface area contributed by atoms with Crippen molar-refractivity contribution in [2.45, 2.75) is 33.1 Å². The molecule has 1 saturated heterocycles. The predicted molar refractivity (Wildman–Crippen MR) is 98.3 cm³/mol. The maximum Gasteiger partial charge on any atom is 0.317 e. The standard InChI is InChI=1S/C19H30FN3O2/c1-19(2,15-24)9-3-10-21-18(25)23-12-4-11-22(13-14-23)17-7-5-16(20)6-8-17/h5-8,24H,3-4,9-15H2,1-2H3,(H,21,25). The number of hydrogen-bond donors (Lipinski definition) is 2. The molecule has 25 heavy (non-hydrogen) atoms. The summed E-state index contributed by atoms with van der Waals surface area (Å²) in [5, 5.41) is 12.2. The zero-order chi connectivity index (χ0) is 18.3. The van der Waals surface area contributed by atoms with E-state index in [1.54, 1.807) is 12.1 Å². The average Bonchev–Trinajstić information content (AvgIpc) is 2.85. The summed E-state index contributed by atoms with van der Waals surface area (Å²) >= 11 is 0. The van der Waals surface area contributed by atoms with Crippen LogP contribution in [0.1, 0.15) is 33.1 Å². The van der Waals surface area contributed by atoms with Crippen molar-refractivity contribution in [2.24, 2.45) is 5.41 Å². The first-order chi connectivity index (χ1) is 11.9. The van der Waals surface area contributed by atoms with E-state index in [4.69, 9.17) is 0 Å². The van der Waals surface area contributed by atoms with E-state index in [9.17, 15) is 14.3 Å². The first-order valence-electron chi connectivity index (χ1n) is 9.05. The molecule has 6 heteroatoms. The van der Waals surface area contributed by atoms with Crippen molar-refractivity contribution >= 4 is 11.7 Å². The summed E-state index contributed by atoms with van der Waals surface area (Å²) < 4.78 is 13.1. The molecule has 5 nitrogen and oxygen atoms in total. The molecule has 1 fully saturated rings. The lowest BCUT2D eigenvalue weighted by Crippen LogP contribution is -2.42. The number of anilines is 1. The molecule has 0 unspecified atom stereocenters. The van der Waals surface area contributed by atoms with Crippen LogP contribution in [0, 0.1) is 11.2 Å². The Kier molecular flexibility index (Phi) is 7.05. The number of nitrogens with zero attached hydrogens (tertiary/aromatic N) is 2. The number of amides is 2. The molecule has 2 amide bonds. The Labute approximate surface area is 149 Å². The predicted octanol–water partition coefficient (Wildman–Crippen LogP) is 2.85. The van der Waals surface area contributed by atoms with E-state index in [-0.39, 0.29) is 23.9 Å². The van der Waals surface area contributed by atoms with Crippen LogP contribution in [-0.2, 0) is 0 Å². The number of aliphatic hydroxyl groups is 1. The smallest absolute Gasteiger partial charge is 0.317 e. The molecule has 0 aliphatic carbocycles. The average molecular weight is 351 g/mol. The van der Waals surface area contributed by atoms with Gasteiger partial charge in [-0.25, -0.2) is 9.18 Å². The maximum atomic E-state index is 13.1. The van der Waals surface area contributed by atoms with Gasteiger partial charge in [0.05, 0.1) is 0 Å². The molecule has 1 aliphatic heterocycles. The molecule has 1 heterocycles. The third-order valence-electron chi connectivity index (χ3n) is 4.71. The van der Waals surface area contributed by atoms with Gasteiger partial charge in [0.2, 0.25) is 0 Å². The number of urea groups is 1. The van der Waals surface area contributed by atoms with E-state index in [1.807, 2.05) is 18.7 Å². The summed E-state index contributed by atoms with van der Waals surface area (Å²) in [6.45, 7) is 7.82. The van der Waals surface area contributed by atoms with Gasteiger partial charge in [-0.2, -0.15) is 0 Å². The van der Waals surface area contributed by atoms with Gasteiger partial charge in [0, 0.05) is 45.0 Å². The van der Waals surface area contributed by atoms with Gasteiger partial charge in [-0.15, -0.1) is 0 Å². The highest BCUT2D eigenvalue weighted by molar-refractivity contribution is 5.74. The SMILES string of the molecule is CC(C)(CO)CCCNC(=O)N1CCCN(c2ccc(F)cc2)CC1. The minimum absolute atomic E-state index is 0.0252. The molecule has 2 N–H and O–H groups in total. The van der Waals surface area contributed by atoms with Crippen LogP contribution in [-0.4, -0.2) is 55.4 Å². The van der Waals surface area contributed by atoms with Gasteiger partial charge >= 0.3 is 6.03 Å². The molecule has 1 aromatic carbocycles. The summed E-state index contributed by atoms with van der Waals surface area (Å²) in [5.41, 5.74) is 0.901. The summed E-state index contributed by atoms with van der Waals surface area (Å²) in [7, 11) is 0. The Bertz CT molecular complexity index is 548. The molecular formula is C19H30FN3O2. The van der Waals surface area contributed by atoms with Crippen molar-refractivity contribution in [1.29, 1.82) is 0 Å². The first-order valence-corrected chi connectivity index (χ1v) is 9.05. The molecule has 0 atom stereocenters. The number of benzene rings is 1. The van der Waals surface area contributed by atoms with Gasteiger partial charge in [-0.1, -0.05) is 13.8 Å². The van der Waals surface area contributed by atoms with Crippen LogP contribution in [0.2, 0.25) is 0 Å². The van der Waals surface area contributed by atoms with Crippen LogP contribution in [0.4, 0.5) is 14.9 Å². The Morgan fingerprint density at radius 1 is 1.20 bits per heavy atom. The fourth-order valence-electron chi connectivity index (χ4n) is 2.98. The number of nitrogens with one attached hydrogen (secondary N) is 1. The van der Waals surface area contributed by atoms with Crippen LogP contribution < -0.4 is 10.2 Å². The molecule has 0 radical (unpaired) electrons. The minimum atomic E-state index is -0.232. The molecule has 140 valence electrons. The second-order valence-electron chi connectivity index (χ2n) is 7.46. The van der Waals surface area contributed by atoms with Crippen LogP contribution in [0.15, 0.2) is 24.3 Å². The van der Waals surface area contributed by atoms with Gasteiger partial charge < -0.3 is 20.2 Å². The second kappa shape index (κ2) is 9.04. The van der Waals surface area contributed by atoms with E-state index >= 15 is 0 Å². The minimum Gasteiger partial charge on any atom is -0.396 e. The van der Waals surface area contributed by atoms with E-state index in [2.05, 4.69) is 10.2 Å². The summed E-state index contributed by atoms with van der Waals surface area (Å²) in [6.07, 6.45) is 2.62. The van der Waals surface area contributed by atoms with Crippen molar-refractivity contribution in [3.63, 3.8) is 0 Å². The fraction of sp³-hybridized carbons (Fsp3) is 0.632. The number of carbonyl (C=O) groups is 1. The van der Waals surface area contributed by atoms with Crippen molar-refractivity contribution in [1.82, 2.24) is 10.2 Å². The fourth-order valence-corrected chi connectivity index (χ4v) is 2.98. The molecule has 1 aliphatic rings. The van der Waals surface area contributed by atoms with Crippen molar-refractivity contribution in [3.05, 3.63) is 30.1 Å². The Morgan fingerprint density at radius 3 is 2.60 bits per heavy atom. The number of hydrogen-bond acceptors (Lipinski definition) is 3. The molecule has 0 saturated carbocycles. The van der Waals surface area contributed by atoms with Crippen LogP contribution in [0.25, 0.3) is 0 Å². The lowest BCUT2D eigenvalue weighted by molar-refractivity contribution is 0.147. The lowest BCUT2D eigenvalue weighted by Gasteiger charge is -2.24. The van der Waals surface area contributed by atoms with Gasteiger partial charge in [-0.3, -0.25) is 0 Å². The molecule has 0 bridgehead atoms. The molecule has 0 aromatic heterocycles. The molecular weight excluding hydrogens is 321 g/mol. The van der Waals surface area contributed by atoms with Crippen LogP contribution >= 0.6 is 0 Å². The van der Waals surface area contributed by atoms with Gasteiger partial charge in [-0.05, 0) is 48.9 Å². The van der Waals surface area contributed by atoms with E-state index < -0.39 is 0 Å². The van der Waals surface area contributed by atoms with E-state index in [0.29, 0.717) is 13.1 Å². The summed E-state index contributed by atoms with van der Waals surface area (Å²) in [4.78, 5) is 16.4. The number of rotatable bonds is 6. The maximum absolute atomic E-state index is 13.1. The zero-order valence-electron chi connectivity index (χ0n) is 15.3. The second-order valence-corrected chi connectivity index (χ2v) is 7.46. The highest BCUT2D eigenvalue weighted by Gasteiger charge is 2.20. The third kappa shape index (κ3) is 6.20. The van der Waals surface area contributed by atoms with Gasteiger partial charge in [0.15, 0.2) is 0 Å². The quantitative estimate of drug-likeness (QED) is 0.775. The highest BCUT2D eigenvalue weighted by atomic mass is 19.1. The van der Waals surface area contributed by atoms with Gasteiger partial charge in [0.25, 0.3) is 0 Å². The van der Waals surface area contributed by atoms with Crippen LogP contribution in [0.5, 0.6) is 0 Å². The molecule has 2 rings (SSSR count). The zero-order valence-corrected chi connectivity index (χ0v) is 15.3. The first kappa shape index (κ1) is 19.5. The third-order valence-corrected chi connectivity index (χ3v) is 4.71. The summed E-state index contributed by atoms with van der Waals surface area (Å²) in [5.74, 6) is -0.232. The molecule has 1 aromatic rings. The lowest BCUT2D eigenvalue weighted by atomic mass is 9.89. The van der Waals surface area contributed by atoms with E-state index in [0.717, 1.165) is 44.6 Å². The van der Waals surface area contributed by atoms with Gasteiger partial charge in [0.1, 0.15) is 5.82 Å². The van der Waals surface area contributed by atoms with Crippen molar-refractivity contribution in [3.8, 4) is 0 Å². The molecule has 0 spiro atoms. The normalized spacial score (nSPS) is 15.8. The highest BCUT2D eigenvalue weighted by Crippen LogP contribution is 2.20. The van der Waals surface area contributed by atoms with E-state index in [1.165, 1.54) is 12.1 Å². The van der Waals surface area contributed by atoms with Crippen LogP contribution in [0.3, 0.4) is 0 Å². The Hall–Kier alpha value is -1.82. The Morgan fingerprint density at radius 2 is 1.92 bits per heavy atom. The topological polar surface area (TPSA) is 55.8 Å². The monoisotopic (exact) mass is 351 g/mol. The number of halogens is 1. The van der Waals surface area contributed by atoms with Crippen molar-refractivity contribution in [2.75, 3.05) is 44.2 Å². The largest absolute Gasteiger partial charge is 0.396 e. The number of aliphatic hydroxyl groups excluding tert-OH is 1. The summed E-state index contributed by atoms with van der Waals surface area (Å²) in [6, 6.07) is 6.49. The van der Waals surface area contributed by atoms with Crippen molar-refractivity contribution < 1.29 is 14.3 Å². The Balaban J connectivity index is 1.76.